The van der Waals surface area contributed by atoms with Crippen molar-refractivity contribution in [2.45, 2.75) is 51.1 Å². The summed E-state index contributed by atoms with van der Waals surface area (Å²) in [5, 5.41) is 3.09. The van der Waals surface area contributed by atoms with Gasteiger partial charge < -0.3 is 10.2 Å². The highest BCUT2D eigenvalue weighted by Crippen LogP contribution is 2.46. The number of carbonyl (C=O) groups excluding carboxylic acids is 2. The van der Waals surface area contributed by atoms with Crippen LogP contribution < -0.4 is 5.32 Å². The fourth-order valence-electron chi connectivity index (χ4n) is 3.99. The predicted molar refractivity (Wildman–Crippen MR) is 82.8 cm³/mol. The number of likely N-dealkylation sites (tertiary alicyclic amines) is 1. The highest BCUT2D eigenvalue weighted by molar-refractivity contribution is 5.87. The first-order valence-corrected chi connectivity index (χ1v) is 8.06. The molecule has 1 aliphatic heterocycles. The summed E-state index contributed by atoms with van der Waals surface area (Å²) in [4.78, 5) is 30.7. The van der Waals surface area contributed by atoms with E-state index in [2.05, 4.69) is 10.3 Å². The van der Waals surface area contributed by atoms with Crippen molar-refractivity contribution < 1.29 is 9.59 Å². The molecule has 5 heteroatoms. The Bertz CT molecular complexity index is 560. The van der Waals surface area contributed by atoms with Crippen molar-refractivity contribution in [2.75, 3.05) is 7.05 Å². The van der Waals surface area contributed by atoms with E-state index in [-0.39, 0.29) is 17.9 Å². The third-order valence-corrected chi connectivity index (χ3v) is 5.29. The van der Waals surface area contributed by atoms with Crippen LogP contribution in [0.5, 0.6) is 0 Å². The topological polar surface area (TPSA) is 62.3 Å². The van der Waals surface area contributed by atoms with E-state index in [1.807, 2.05) is 24.1 Å². The van der Waals surface area contributed by atoms with Crippen LogP contribution in [0.1, 0.15) is 44.1 Å². The minimum absolute atomic E-state index is 0.0555. The summed E-state index contributed by atoms with van der Waals surface area (Å²) < 4.78 is 0. The predicted octanol–water partition coefficient (Wildman–Crippen LogP) is 1.88. The number of aromatic nitrogens is 1. The van der Waals surface area contributed by atoms with Crippen molar-refractivity contribution >= 4 is 11.8 Å². The van der Waals surface area contributed by atoms with Gasteiger partial charge >= 0.3 is 0 Å². The van der Waals surface area contributed by atoms with E-state index < -0.39 is 5.41 Å². The minimum atomic E-state index is -0.395. The van der Waals surface area contributed by atoms with E-state index in [1.54, 1.807) is 12.4 Å². The number of amides is 2. The van der Waals surface area contributed by atoms with Gasteiger partial charge in [0.1, 0.15) is 0 Å². The molecular formula is C17H23N3O2. The number of pyridine rings is 1. The molecule has 0 radical (unpaired) electrons. The van der Waals surface area contributed by atoms with E-state index in [1.165, 1.54) is 0 Å². The molecule has 1 N–H and O–H groups in total. The Morgan fingerprint density at radius 2 is 2.14 bits per heavy atom. The van der Waals surface area contributed by atoms with E-state index in [4.69, 9.17) is 0 Å². The summed E-state index contributed by atoms with van der Waals surface area (Å²) in [6, 6.07) is 3.87. The van der Waals surface area contributed by atoms with Crippen LogP contribution in [-0.2, 0) is 16.1 Å². The molecule has 5 nitrogen and oxygen atoms in total. The van der Waals surface area contributed by atoms with Gasteiger partial charge in [0.25, 0.3) is 0 Å². The van der Waals surface area contributed by atoms with Crippen molar-refractivity contribution in [2.24, 2.45) is 5.41 Å². The molecule has 2 heterocycles. The quantitative estimate of drug-likeness (QED) is 0.927. The van der Waals surface area contributed by atoms with Crippen LogP contribution in [0.25, 0.3) is 0 Å². The maximum absolute atomic E-state index is 12.9. The molecule has 2 aliphatic rings. The number of rotatable bonds is 3. The van der Waals surface area contributed by atoms with Gasteiger partial charge in [-0.1, -0.05) is 12.8 Å². The lowest BCUT2D eigenvalue weighted by atomic mass is 9.64. The van der Waals surface area contributed by atoms with Gasteiger partial charge in [0.05, 0.1) is 5.41 Å². The SMILES string of the molecule is CN1C(=O)CC[C@@]2(C(=O)NCc3ccncc3)CCCC[C@H]12. The first kappa shape index (κ1) is 15.0. The lowest BCUT2D eigenvalue weighted by molar-refractivity contribution is -0.153. The van der Waals surface area contributed by atoms with Gasteiger partial charge in [-0.05, 0) is 37.0 Å². The van der Waals surface area contributed by atoms with Gasteiger partial charge in [-0.15, -0.1) is 0 Å². The molecule has 2 fully saturated rings. The molecule has 118 valence electrons. The summed E-state index contributed by atoms with van der Waals surface area (Å²) in [6.07, 6.45) is 8.62. The highest BCUT2D eigenvalue weighted by atomic mass is 16.2. The molecule has 3 rings (SSSR count). The van der Waals surface area contributed by atoms with Crippen molar-refractivity contribution in [3.63, 3.8) is 0 Å². The number of piperidine rings is 1. The zero-order valence-electron chi connectivity index (χ0n) is 13.0. The van der Waals surface area contributed by atoms with Crippen LogP contribution in [0.2, 0.25) is 0 Å². The zero-order chi connectivity index (χ0) is 15.6. The van der Waals surface area contributed by atoms with Crippen LogP contribution in [0.3, 0.4) is 0 Å². The van der Waals surface area contributed by atoms with Gasteiger partial charge in [0, 0.05) is 38.4 Å². The third kappa shape index (κ3) is 2.60. The number of hydrogen-bond donors (Lipinski definition) is 1. The summed E-state index contributed by atoms with van der Waals surface area (Å²) in [5.41, 5.74) is 0.654. The molecule has 2 amide bonds. The summed E-state index contributed by atoms with van der Waals surface area (Å²) >= 11 is 0. The molecule has 0 bridgehead atoms. The van der Waals surface area contributed by atoms with E-state index in [0.29, 0.717) is 19.4 Å². The van der Waals surface area contributed by atoms with Gasteiger partial charge in [-0.25, -0.2) is 0 Å². The average molecular weight is 301 g/mol. The maximum Gasteiger partial charge on any atom is 0.228 e. The molecule has 1 aliphatic carbocycles. The van der Waals surface area contributed by atoms with Crippen molar-refractivity contribution in [1.29, 1.82) is 0 Å². The first-order valence-electron chi connectivity index (χ1n) is 8.06. The van der Waals surface area contributed by atoms with Gasteiger partial charge in [0.15, 0.2) is 0 Å². The molecule has 1 saturated carbocycles. The summed E-state index contributed by atoms with van der Waals surface area (Å²) in [7, 11) is 1.85. The number of fused-ring (bicyclic) bond motifs is 1. The molecule has 22 heavy (non-hydrogen) atoms. The number of nitrogens with zero attached hydrogens (tertiary/aromatic N) is 2. The number of hydrogen-bond acceptors (Lipinski definition) is 3. The molecule has 2 atom stereocenters. The second-order valence-electron chi connectivity index (χ2n) is 6.46. The van der Waals surface area contributed by atoms with Crippen LogP contribution in [0.15, 0.2) is 24.5 Å². The van der Waals surface area contributed by atoms with Crippen LogP contribution in [0, 0.1) is 5.41 Å². The second kappa shape index (κ2) is 6.07. The van der Waals surface area contributed by atoms with E-state index in [0.717, 1.165) is 31.2 Å². The third-order valence-electron chi connectivity index (χ3n) is 5.29. The molecule has 1 aromatic rings. The van der Waals surface area contributed by atoms with Crippen LogP contribution in [-0.4, -0.2) is 34.8 Å². The Hall–Kier alpha value is -1.91. The Labute approximate surface area is 131 Å². The van der Waals surface area contributed by atoms with Gasteiger partial charge in [-0.2, -0.15) is 0 Å². The van der Waals surface area contributed by atoms with Crippen LogP contribution in [0.4, 0.5) is 0 Å². The van der Waals surface area contributed by atoms with E-state index in [9.17, 15) is 9.59 Å². The standard InChI is InChI=1S/C17H23N3O2/c1-20-14-4-2-3-8-17(14,9-5-15(20)21)16(22)19-12-13-6-10-18-11-7-13/h6-7,10-11,14H,2-5,8-9,12H2,1H3,(H,19,22)/t14-,17-/m0/s1. The number of nitrogens with one attached hydrogen (secondary N) is 1. The summed E-state index contributed by atoms with van der Waals surface area (Å²) in [6.45, 7) is 0.521. The Kier molecular flexibility index (Phi) is 4.14. The highest BCUT2D eigenvalue weighted by Gasteiger charge is 2.52. The molecule has 1 aromatic heterocycles. The van der Waals surface area contributed by atoms with E-state index >= 15 is 0 Å². The number of carbonyl (C=O) groups is 2. The largest absolute Gasteiger partial charge is 0.351 e. The maximum atomic E-state index is 12.9. The molecule has 0 spiro atoms. The lowest BCUT2D eigenvalue weighted by Gasteiger charge is -2.50. The van der Waals surface area contributed by atoms with Crippen molar-refractivity contribution in [3.05, 3.63) is 30.1 Å². The Morgan fingerprint density at radius 3 is 2.91 bits per heavy atom. The molecular weight excluding hydrogens is 278 g/mol. The van der Waals surface area contributed by atoms with Crippen molar-refractivity contribution in [3.8, 4) is 0 Å². The smallest absolute Gasteiger partial charge is 0.228 e. The fourth-order valence-corrected chi connectivity index (χ4v) is 3.99. The lowest BCUT2D eigenvalue weighted by Crippen LogP contribution is -2.60. The fraction of sp³-hybridized carbons (Fsp3) is 0.588. The summed E-state index contributed by atoms with van der Waals surface area (Å²) in [5.74, 6) is 0.276. The minimum Gasteiger partial charge on any atom is -0.351 e. The Morgan fingerprint density at radius 1 is 1.36 bits per heavy atom. The molecule has 0 aromatic carbocycles. The first-order chi connectivity index (χ1) is 10.6. The van der Waals surface area contributed by atoms with Crippen molar-refractivity contribution in [1.82, 2.24) is 15.2 Å². The monoisotopic (exact) mass is 301 g/mol. The molecule has 1 saturated heterocycles. The Balaban J connectivity index is 1.74. The molecule has 0 unspecified atom stereocenters. The zero-order valence-corrected chi connectivity index (χ0v) is 13.0. The normalized spacial score (nSPS) is 28.1. The van der Waals surface area contributed by atoms with Gasteiger partial charge in [-0.3, -0.25) is 14.6 Å². The van der Waals surface area contributed by atoms with Gasteiger partial charge in [0.2, 0.25) is 11.8 Å². The van der Waals surface area contributed by atoms with Crippen LogP contribution >= 0.6 is 0 Å². The average Bonchev–Trinajstić information content (AvgIpc) is 2.57. The second-order valence-corrected chi connectivity index (χ2v) is 6.46.